The van der Waals surface area contributed by atoms with Crippen molar-refractivity contribution in [2.75, 3.05) is 40.5 Å². The molecule has 0 aromatic heterocycles. The van der Waals surface area contributed by atoms with Gasteiger partial charge in [0.05, 0.1) is 31.9 Å². The smallest absolute Gasteiger partial charge is 0.338 e. The Morgan fingerprint density at radius 1 is 0.963 bits per heavy atom. The van der Waals surface area contributed by atoms with Gasteiger partial charge in [0, 0.05) is 13.1 Å². The fraction of sp³-hybridized carbons (Fsp3) is 0.444. The second-order valence-corrected chi connectivity index (χ2v) is 5.38. The van der Waals surface area contributed by atoms with Gasteiger partial charge in [-0.05, 0) is 32.0 Å². The average Bonchev–Trinajstić information content (AvgIpc) is 2.68. The third-order valence-corrected chi connectivity index (χ3v) is 3.55. The molecule has 0 fully saturated rings. The van der Waals surface area contributed by atoms with E-state index in [2.05, 4.69) is 14.8 Å². The Morgan fingerprint density at radius 3 is 1.96 bits per heavy atom. The number of carbonyl (C=O) groups is 4. The zero-order valence-corrected chi connectivity index (χ0v) is 15.9. The molecule has 1 rings (SSSR count). The molecule has 0 aliphatic rings. The molecular formula is C18H24N2O7. The number of rotatable bonds is 9. The minimum absolute atomic E-state index is 0.0810. The molecule has 9 nitrogen and oxygen atoms in total. The first-order valence-electron chi connectivity index (χ1n) is 8.35. The van der Waals surface area contributed by atoms with Gasteiger partial charge in [-0.1, -0.05) is 0 Å². The van der Waals surface area contributed by atoms with E-state index >= 15 is 0 Å². The van der Waals surface area contributed by atoms with Crippen molar-refractivity contribution in [3.05, 3.63) is 29.3 Å². The first-order chi connectivity index (χ1) is 12.9. The molecule has 1 aromatic rings. The standard InChI is InChI=1S/C18H24N2O7/c1-5-19-15(21)10-20(6-2)16(22)11-27-14-8-12(17(23)25-3)7-13(9-14)18(24)26-4/h7-9H,5-6,10-11H2,1-4H3,(H,19,21). The topological polar surface area (TPSA) is 111 Å². The van der Waals surface area contributed by atoms with Crippen LogP contribution in [0.15, 0.2) is 18.2 Å². The molecule has 0 bridgehead atoms. The van der Waals surface area contributed by atoms with Crippen LogP contribution in [0, 0.1) is 0 Å². The van der Waals surface area contributed by atoms with E-state index in [0.717, 1.165) is 0 Å². The minimum atomic E-state index is -0.664. The van der Waals surface area contributed by atoms with E-state index in [4.69, 9.17) is 4.74 Å². The lowest BCUT2D eigenvalue weighted by molar-refractivity contribution is -0.137. The van der Waals surface area contributed by atoms with E-state index in [1.807, 2.05) is 0 Å². The molecule has 0 saturated carbocycles. The fourth-order valence-corrected chi connectivity index (χ4v) is 2.19. The van der Waals surface area contributed by atoms with E-state index in [0.29, 0.717) is 13.1 Å². The molecule has 148 valence electrons. The van der Waals surface area contributed by atoms with E-state index in [9.17, 15) is 19.2 Å². The van der Waals surface area contributed by atoms with Crippen LogP contribution >= 0.6 is 0 Å². The number of carbonyl (C=O) groups excluding carboxylic acids is 4. The number of likely N-dealkylation sites (N-methyl/N-ethyl adjacent to an activating group) is 2. The van der Waals surface area contributed by atoms with Gasteiger partial charge in [0.2, 0.25) is 5.91 Å². The molecule has 2 amide bonds. The Hall–Kier alpha value is -3.10. The zero-order valence-electron chi connectivity index (χ0n) is 15.9. The van der Waals surface area contributed by atoms with Crippen LogP contribution in [0.5, 0.6) is 5.75 Å². The number of nitrogens with one attached hydrogen (secondary N) is 1. The first-order valence-corrected chi connectivity index (χ1v) is 8.35. The number of hydrogen-bond donors (Lipinski definition) is 1. The van der Waals surface area contributed by atoms with Crippen molar-refractivity contribution in [3.63, 3.8) is 0 Å². The summed E-state index contributed by atoms with van der Waals surface area (Å²) >= 11 is 0. The van der Waals surface area contributed by atoms with Crippen LogP contribution < -0.4 is 10.1 Å². The van der Waals surface area contributed by atoms with Crippen molar-refractivity contribution in [3.8, 4) is 5.75 Å². The quantitative estimate of drug-likeness (QED) is 0.625. The van der Waals surface area contributed by atoms with Gasteiger partial charge in [-0.25, -0.2) is 9.59 Å². The van der Waals surface area contributed by atoms with Crippen LogP contribution in [0.25, 0.3) is 0 Å². The highest BCUT2D eigenvalue weighted by molar-refractivity contribution is 5.96. The molecule has 1 aromatic carbocycles. The molecule has 0 spiro atoms. The van der Waals surface area contributed by atoms with Crippen molar-refractivity contribution >= 4 is 23.8 Å². The number of amides is 2. The Kier molecular flexibility index (Phi) is 8.77. The van der Waals surface area contributed by atoms with Gasteiger partial charge in [-0.2, -0.15) is 0 Å². The van der Waals surface area contributed by atoms with Crippen molar-refractivity contribution in [1.29, 1.82) is 0 Å². The predicted molar refractivity (Wildman–Crippen MR) is 95.6 cm³/mol. The summed E-state index contributed by atoms with van der Waals surface area (Å²) in [5, 5.41) is 2.62. The van der Waals surface area contributed by atoms with Crippen LogP contribution in [0.2, 0.25) is 0 Å². The summed E-state index contributed by atoms with van der Waals surface area (Å²) in [6.45, 7) is 3.88. The lowest BCUT2D eigenvalue weighted by Crippen LogP contribution is -2.42. The second kappa shape index (κ2) is 10.8. The van der Waals surface area contributed by atoms with Crippen LogP contribution in [-0.2, 0) is 19.1 Å². The summed E-state index contributed by atoms with van der Waals surface area (Å²) in [6.07, 6.45) is 0. The molecule has 0 aliphatic carbocycles. The molecule has 0 aliphatic heterocycles. The van der Waals surface area contributed by atoms with Crippen molar-refractivity contribution in [1.82, 2.24) is 10.2 Å². The average molecular weight is 380 g/mol. The third kappa shape index (κ3) is 6.61. The van der Waals surface area contributed by atoms with E-state index in [-0.39, 0.29) is 35.9 Å². The molecule has 0 saturated heterocycles. The summed E-state index contributed by atoms with van der Waals surface area (Å²) in [5.74, 6) is -1.88. The number of esters is 2. The summed E-state index contributed by atoms with van der Waals surface area (Å²) < 4.78 is 14.7. The van der Waals surface area contributed by atoms with Crippen LogP contribution in [0.1, 0.15) is 34.6 Å². The van der Waals surface area contributed by atoms with Gasteiger partial charge >= 0.3 is 11.9 Å². The van der Waals surface area contributed by atoms with Gasteiger partial charge in [-0.3, -0.25) is 9.59 Å². The Morgan fingerprint density at radius 2 is 1.52 bits per heavy atom. The summed E-state index contributed by atoms with van der Waals surface area (Å²) in [7, 11) is 2.41. The molecule has 1 N–H and O–H groups in total. The van der Waals surface area contributed by atoms with Gasteiger partial charge in [-0.15, -0.1) is 0 Å². The molecule has 0 radical (unpaired) electrons. The molecule has 9 heteroatoms. The Labute approximate surface area is 157 Å². The minimum Gasteiger partial charge on any atom is -0.484 e. The maximum atomic E-state index is 12.3. The van der Waals surface area contributed by atoms with Gasteiger partial charge in [0.1, 0.15) is 5.75 Å². The highest BCUT2D eigenvalue weighted by Gasteiger charge is 2.18. The number of nitrogens with zero attached hydrogens (tertiary/aromatic N) is 1. The highest BCUT2D eigenvalue weighted by Crippen LogP contribution is 2.19. The fourth-order valence-electron chi connectivity index (χ4n) is 2.19. The third-order valence-electron chi connectivity index (χ3n) is 3.55. The van der Waals surface area contributed by atoms with Gasteiger partial charge in [0.15, 0.2) is 6.61 Å². The van der Waals surface area contributed by atoms with Crippen molar-refractivity contribution in [2.45, 2.75) is 13.8 Å². The summed E-state index contributed by atoms with van der Waals surface area (Å²) in [6, 6.07) is 4.01. The van der Waals surface area contributed by atoms with Gasteiger partial charge in [0.25, 0.3) is 5.91 Å². The van der Waals surface area contributed by atoms with Crippen LogP contribution in [-0.4, -0.2) is 69.1 Å². The summed E-state index contributed by atoms with van der Waals surface area (Å²) in [4.78, 5) is 48.8. The highest BCUT2D eigenvalue weighted by atomic mass is 16.5. The number of ether oxygens (including phenoxy) is 3. The van der Waals surface area contributed by atoms with E-state index in [1.165, 1.54) is 37.3 Å². The molecule has 0 unspecified atom stereocenters. The summed E-state index contributed by atoms with van der Waals surface area (Å²) in [5.41, 5.74) is 0.162. The van der Waals surface area contributed by atoms with Crippen molar-refractivity contribution in [2.24, 2.45) is 0 Å². The second-order valence-electron chi connectivity index (χ2n) is 5.38. The lowest BCUT2D eigenvalue weighted by Gasteiger charge is -2.20. The zero-order chi connectivity index (χ0) is 20.4. The predicted octanol–water partition coefficient (Wildman–Crippen LogP) is 0.623. The van der Waals surface area contributed by atoms with E-state index in [1.54, 1.807) is 13.8 Å². The molecule has 27 heavy (non-hydrogen) atoms. The Balaban J connectivity index is 2.90. The van der Waals surface area contributed by atoms with Crippen LogP contribution in [0.4, 0.5) is 0 Å². The lowest BCUT2D eigenvalue weighted by atomic mass is 10.1. The van der Waals surface area contributed by atoms with E-state index < -0.39 is 17.8 Å². The number of benzene rings is 1. The largest absolute Gasteiger partial charge is 0.484 e. The maximum absolute atomic E-state index is 12.3. The van der Waals surface area contributed by atoms with Crippen LogP contribution in [0.3, 0.4) is 0 Å². The first kappa shape index (κ1) is 21.9. The molecule has 0 heterocycles. The number of methoxy groups -OCH3 is 2. The molecular weight excluding hydrogens is 356 g/mol. The maximum Gasteiger partial charge on any atom is 0.338 e. The normalized spacial score (nSPS) is 9.93. The SMILES string of the molecule is CCNC(=O)CN(CC)C(=O)COc1cc(C(=O)OC)cc(C(=O)OC)c1. The van der Waals surface area contributed by atoms with Crippen molar-refractivity contribution < 1.29 is 33.4 Å². The molecule has 0 atom stereocenters. The monoisotopic (exact) mass is 380 g/mol. The Bertz CT molecular complexity index is 669. The van der Waals surface area contributed by atoms with Gasteiger partial charge < -0.3 is 24.4 Å². The number of hydrogen-bond acceptors (Lipinski definition) is 7.